The molecule has 1 amide bonds. The van der Waals surface area contributed by atoms with Crippen LogP contribution in [0.1, 0.15) is 44.6 Å². The lowest BCUT2D eigenvalue weighted by Crippen LogP contribution is -2.32. The van der Waals surface area contributed by atoms with Crippen LogP contribution in [0.3, 0.4) is 0 Å². The second-order valence-corrected chi connectivity index (χ2v) is 6.93. The van der Waals surface area contributed by atoms with Gasteiger partial charge in [-0.2, -0.15) is 5.10 Å². The molecule has 0 spiro atoms. The van der Waals surface area contributed by atoms with Crippen molar-refractivity contribution in [3.8, 4) is 0 Å². The normalized spacial score (nSPS) is 13.9. The van der Waals surface area contributed by atoms with Gasteiger partial charge in [0.2, 0.25) is 0 Å². The highest BCUT2D eigenvalue weighted by Gasteiger charge is 2.24. The third-order valence-electron chi connectivity index (χ3n) is 4.93. The molecule has 1 aliphatic rings. The average molecular weight is 398 g/mol. The van der Waals surface area contributed by atoms with Gasteiger partial charge in [0.1, 0.15) is 0 Å². The molecule has 28 heavy (non-hydrogen) atoms. The number of aryl methyl sites for hydroxylation is 1. The smallest absolute Gasteiger partial charge is 0.272 e. The Kier molecular flexibility index (Phi) is 6.44. The van der Waals surface area contributed by atoms with Gasteiger partial charge in [0.05, 0.1) is 11.7 Å². The van der Waals surface area contributed by atoms with E-state index in [0.29, 0.717) is 18.7 Å². The number of H-pyrrole nitrogens is 1. The van der Waals surface area contributed by atoms with Crippen LogP contribution in [0.15, 0.2) is 48.7 Å². The summed E-state index contributed by atoms with van der Waals surface area (Å²) < 4.78 is 0. The van der Waals surface area contributed by atoms with E-state index in [1.807, 2.05) is 18.2 Å². The number of pyridine rings is 1. The first kappa shape index (κ1) is 20.0. The Hall–Kier alpha value is -2.70. The lowest BCUT2D eigenvalue weighted by atomic mass is 10.0. The highest BCUT2D eigenvalue weighted by Crippen LogP contribution is 2.20. The maximum Gasteiger partial charge on any atom is 0.272 e. The van der Waals surface area contributed by atoms with E-state index in [1.54, 1.807) is 6.20 Å². The molecule has 6 nitrogen and oxygen atoms in total. The van der Waals surface area contributed by atoms with Gasteiger partial charge in [-0.15, -0.1) is 12.4 Å². The summed E-state index contributed by atoms with van der Waals surface area (Å²) >= 11 is 0. The van der Waals surface area contributed by atoms with Gasteiger partial charge < -0.3 is 10.6 Å². The van der Waals surface area contributed by atoms with E-state index in [4.69, 9.17) is 0 Å². The Bertz CT molecular complexity index is 924. The Morgan fingerprint density at radius 1 is 1.21 bits per heavy atom. The fourth-order valence-electron chi connectivity index (χ4n) is 3.41. The van der Waals surface area contributed by atoms with Gasteiger partial charge in [-0.05, 0) is 31.0 Å². The van der Waals surface area contributed by atoms with E-state index in [9.17, 15) is 4.79 Å². The van der Waals surface area contributed by atoms with Crippen molar-refractivity contribution in [1.82, 2.24) is 25.8 Å². The zero-order valence-corrected chi connectivity index (χ0v) is 16.6. The molecule has 3 heterocycles. The number of carbonyl (C=O) groups excluding carboxylic acids is 1. The van der Waals surface area contributed by atoms with Gasteiger partial charge in [0.25, 0.3) is 5.91 Å². The van der Waals surface area contributed by atoms with E-state index in [2.05, 4.69) is 57.0 Å². The van der Waals surface area contributed by atoms with Crippen molar-refractivity contribution < 1.29 is 4.79 Å². The topological polar surface area (TPSA) is 82.7 Å². The van der Waals surface area contributed by atoms with Crippen LogP contribution in [0, 0.1) is 6.92 Å². The third-order valence-corrected chi connectivity index (χ3v) is 4.93. The number of carbonyl (C=O) groups is 1. The zero-order valence-electron chi connectivity index (χ0n) is 15.7. The number of halogens is 1. The third kappa shape index (κ3) is 4.40. The fraction of sp³-hybridized carbons (Fsp3) is 0.286. The summed E-state index contributed by atoms with van der Waals surface area (Å²) in [4.78, 5) is 17.4. The molecule has 1 aliphatic heterocycles. The molecule has 2 aromatic heterocycles. The number of aromatic amines is 1. The van der Waals surface area contributed by atoms with Crippen molar-refractivity contribution in [1.29, 1.82) is 0 Å². The lowest BCUT2D eigenvalue weighted by Gasteiger charge is -2.19. The van der Waals surface area contributed by atoms with Gasteiger partial charge in [0.15, 0.2) is 5.69 Å². The summed E-state index contributed by atoms with van der Waals surface area (Å²) in [6.07, 6.45) is 3.29. The fourth-order valence-corrected chi connectivity index (χ4v) is 3.41. The Morgan fingerprint density at radius 2 is 2.04 bits per heavy atom. The molecule has 146 valence electrons. The molecule has 7 heteroatoms. The summed E-state index contributed by atoms with van der Waals surface area (Å²) in [7, 11) is 0. The van der Waals surface area contributed by atoms with Crippen molar-refractivity contribution in [2.45, 2.75) is 32.4 Å². The number of rotatable bonds is 5. The first-order chi connectivity index (χ1) is 13.2. The monoisotopic (exact) mass is 397 g/mol. The summed E-state index contributed by atoms with van der Waals surface area (Å²) in [6, 6.07) is 13.9. The summed E-state index contributed by atoms with van der Waals surface area (Å²) in [5.74, 6) is -0.168. The maximum absolute atomic E-state index is 13.0. The minimum absolute atomic E-state index is 0. The molecule has 4 rings (SSSR count). The van der Waals surface area contributed by atoms with E-state index in [-0.39, 0.29) is 24.4 Å². The second kappa shape index (κ2) is 8.99. The molecule has 1 atom stereocenters. The summed E-state index contributed by atoms with van der Waals surface area (Å²) in [6.45, 7) is 3.64. The van der Waals surface area contributed by atoms with E-state index in [0.717, 1.165) is 35.5 Å². The van der Waals surface area contributed by atoms with Crippen LogP contribution in [0.5, 0.6) is 0 Å². The number of hydrogen-bond donors (Lipinski definition) is 3. The van der Waals surface area contributed by atoms with Crippen molar-refractivity contribution in [3.05, 3.63) is 82.4 Å². The predicted octanol–water partition coefficient (Wildman–Crippen LogP) is 2.89. The Labute approximate surface area is 170 Å². The number of benzene rings is 1. The van der Waals surface area contributed by atoms with Crippen LogP contribution in [0.4, 0.5) is 0 Å². The number of amides is 1. The minimum Gasteiger partial charge on any atom is -0.342 e. The molecule has 1 unspecified atom stereocenters. The minimum atomic E-state index is -0.217. The Balaban J connectivity index is 0.00000225. The lowest BCUT2D eigenvalue weighted by molar-refractivity contribution is 0.0929. The molecule has 1 aromatic carbocycles. The average Bonchev–Trinajstić information content (AvgIpc) is 3.14. The molecule has 0 bridgehead atoms. The highest BCUT2D eigenvalue weighted by molar-refractivity contribution is 5.94. The SMILES string of the molecule is Cc1ccc(CC(NC(=O)c2n[nH]c3c2CNCC3)c2ccccn2)cc1.Cl. The first-order valence-electron chi connectivity index (χ1n) is 9.25. The molecule has 3 N–H and O–H groups in total. The van der Waals surface area contributed by atoms with Gasteiger partial charge in [0, 0.05) is 37.0 Å². The molecular formula is C21H24ClN5O. The van der Waals surface area contributed by atoms with Crippen LogP contribution in [-0.4, -0.2) is 27.6 Å². The molecule has 3 aromatic rings. The first-order valence-corrected chi connectivity index (χ1v) is 9.25. The van der Waals surface area contributed by atoms with Crippen molar-refractivity contribution in [3.63, 3.8) is 0 Å². The Morgan fingerprint density at radius 3 is 2.79 bits per heavy atom. The number of nitrogens with one attached hydrogen (secondary N) is 3. The number of aromatic nitrogens is 3. The largest absolute Gasteiger partial charge is 0.342 e. The summed E-state index contributed by atoms with van der Waals surface area (Å²) in [5.41, 5.74) is 5.70. The molecule has 0 aliphatic carbocycles. The van der Waals surface area contributed by atoms with Crippen LogP contribution in [0.2, 0.25) is 0 Å². The van der Waals surface area contributed by atoms with E-state index in [1.165, 1.54) is 5.56 Å². The summed E-state index contributed by atoms with van der Waals surface area (Å²) in [5, 5.41) is 13.7. The van der Waals surface area contributed by atoms with Crippen molar-refractivity contribution in [2.75, 3.05) is 6.54 Å². The van der Waals surface area contributed by atoms with E-state index < -0.39 is 0 Å². The number of hydrogen-bond acceptors (Lipinski definition) is 4. The van der Waals surface area contributed by atoms with Crippen molar-refractivity contribution >= 4 is 18.3 Å². The zero-order chi connectivity index (χ0) is 18.6. The number of nitrogens with zero attached hydrogens (tertiary/aromatic N) is 2. The molecule has 0 saturated heterocycles. The molecular weight excluding hydrogens is 374 g/mol. The molecule has 0 saturated carbocycles. The van der Waals surface area contributed by atoms with Crippen molar-refractivity contribution in [2.24, 2.45) is 0 Å². The van der Waals surface area contributed by atoms with Gasteiger partial charge in [-0.25, -0.2) is 0 Å². The van der Waals surface area contributed by atoms with E-state index >= 15 is 0 Å². The van der Waals surface area contributed by atoms with Crippen LogP contribution in [-0.2, 0) is 19.4 Å². The van der Waals surface area contributed by atoms with Gasteiger partial charge in [-0.3, -0.25) is 14.9 Å². The highest BCUT2D eigenvalue weighted by atomic mass is 35.5. The molecule has 0 radical (unpaired) electrons. The molecule has 0 fully saturated rings. The predicted molar refractivity (Wildman–Crippen MR) is 111 cm³/mol. The quantitative estimate of drug-likeness (QED) is 0.618. The van der Waals surface area contributed by atoms with Gasteiger partial charge >= 0.3 is 0 Å². The second-order valence-electron chi connectivity index (χ2n) is 6.93. The van der Waals surface area contributed by atoms with Crippen LogP contribution in [0.25, 0.3) is 0 Å². The van der Waals surface area contributed by atoms with Gasteiger partial charge in [-0.1, -0.05) is 35.9 Å². The van der Waals surface area contributed by atoms with Crippen LogP contribution >= 0.6 is 12.4 Å². The standard InChI is InChI=1S/C21H23N5O.ClH/c1-14-5-7-15(8-6-14)12-19(18-4-2-3-10-23-18)24-21(27)20-16-13-22-11-9-17(16)25-26-20;/h2-8,10,19,22H,9,11-13H2,1H3,(H,24,27)(H,25,26);1H. The van der Waals surface area contributed by atoms with Crippen LogP contribution < -0.4 is 10.6 Å². The number of fused-ring (bicyclic) bond motifs is 1. The maximum atomic E-state index is 13.0.